The molecule has 3 N–H and O–H groups in total. The van der Waals surface area contributed by atoms with E-state index >= 15 is 0 Å². The van der Waals surface area contributed by atoms with Gasteiger partial charge in [0.1, 0.15) is 18.3 Å². The van der Waals surface area contributed by atoms with Gasteiger partial charge in [0.05, 0.1) is 36.4 Å². The fraction of sp³-hybridized carbons (Fsp3) is 0.438. The number of aromatic nitrogens is 4. The minimum absolute atomic E-state index is 0. The van der Waals surface area contributed by atoms with Crippen molar-refractivity contribution < 1.29 is 194 Å². The van der Waals surface area contributed by atoms with Crippen molar-refractivity contribution in [3.05, 3.63) is 69.0 Å². The van der Waals surface area contributed by atoms with E-state index in [4.69, 9.17) is 19.9 Å². The monoisotopic (exact) mass is 900 g/mol. The number of aromatic amines is 1. The van der Waals surface area contributed by atoms with Crippen LogP contribution >= 0.6 is 39.4 Å². The van der Waals surface area contributed by atoms with Gasteiger partial charge in [-0.2, -0.15) is 4.98 Å². The second kappa shape index (κ2) is 18.5. The number of H-pyrrole nitrogens is 1. The Kier molecular flexibility index (Phi) is 18.0. The second-order valence-corrected chi connectivity index (χ2v) is 14.4. The van der Waals surface area contributed by atoms with E-state index in [0.717, 1.165) is 4.57 Å². The number of rotatable bonds is 11. The molecule has 6 atom stereocenters. The molecule has 0 saturated carbocycles. The SMILES string of the molecule is Nc1nc2c(nc(Br)n2[C@@H]2O[C@H](COP(=O)([O-])OP(=O)([O-])OP(=O)([O-])[O-])[C@H]3OC4(O[C@H]32)C([N+](=O)[O-])=CC([N+](=O)[O-])C=C4[N+](=O)[O-])c(=O)[nH]1.[Na+].[Na+].[Na+].[Na+]. The number of nitrogen functional groups attached to an aromatic ring is 1. The van der Waals surface area contributed by atoms with Crippen molar-refractivity contribution in [2.24, 2.45) is 0 Å². The predicted molar refractivity (Wildman–Crippen MR) is 139 cm³/mol. The normalized spacial score (nSPS) is 27.3. The topological polar surface area (TPSA) is 418 Å². The largest absolute Gasteiger partial charge is 1.00 e. The van der Waals surface area contributed by atoms with Crippen LogP contribution in [0.2, 0.25) is 0 Å². The molecule has 36 heteroatoms. The Labute approximate surface area is 382 Å². The van der Waals surface area contributed by atoms with Crippen LogP contribution in [0.25, 0.3) is 11.2 Å². The maximum Gasteiger partial charge on any atom is 1.00 e. The van der Waals surface area contributed by atoms with Crippen molar-refractivity contribution in [3.63, 3.8) is 0 Å². The average Bonchev–Trinajstić information content (AvgIpc) is 3.54. The van der Waals surface area contributed by atoms with Crippen molar-refractivity contribution in [1.82, 2.24) is 19.5 Å². The fourth-order valence-corrected chi connectivity index (χ4v) is 8.24. The number of ether oxygens (including phenoxy) is 3. The number of nitrogens with zero attached hydrogens (tertiary/aromatic N) is 6. The zero-order valence-corrected chi connectivity index (χ0v) is 38.7. The van der Waals surface area contributed by atoms with Crippen LogP contribution in [-0.4, -0.2) is 71.0 Å². The number of imidazole rings is 1. The molecule has 2 saturated heterocycles. The van der Waals surface area contributed by atoms with Gasteiger partial charge < -0.3 is 48.6 Å². The molecule has 1 spiro atoms. The second-order valence-electron chi connectivity index (χ2n) is 9.42. The van der Waals surface area contributed by atoms with E-state index < -0.39 is 110 Å². The first-order valence-corrected chi connectivity index (χ1v) is 17.2. The van der Waals surface area contributed by atoms with Crippen molar-refractivity contribution in [1.29, 1.82) is 0 Å². The number of phosphoric acid groups is 3. The van der Waals surface area contributed by atoms with Crippen molar-refractivity contribution in [2.75, 3.05) is 12.3 Å². The molecule has 2 aromatic heterocycles. The minimum Gasteiger partial charge on any atom is -0.790 e. The molecule has 3 aliphatic rings. The van der Waals surface area contributed by atoms with E-state index in [0.29, 0.717) is 12.2 Å². The Hall–Kier alpha value is 0.600. The number of hydrogen-bond donors (Lipinski definition) is 2. The Morgan fingerprint density at radius 1 is 0.923 bits per heavy atom. The number of nitrogens with one attached hydrogen (secondary N) is 1. The molecular weight excluding hydrogens is 889 g/mol. The summed E-state index contributed by atoms with van der Waals surface area (Å²) in [5, 5.41) is 35.6. The quantitative estimate of drug-likeness (QED) is 0.0695. The zero-order chi connectivity index (χ0) is 35.7. The number of halogens is 1. The number of anilines is 1. The van der Waals surface area contributed by atoms with Crippen LogP contribution in [0.1, 0.15) is 6.23 Å². The molecule has 0 radical (unpaired) electrons. The van der Waals surface area contributed by atoms with Crippen LogP contribution in [-0.2, 0) is 41.1 Å². The molecule has 2 fully saturated rings. The van der Waals surface area contributed by atoms with Crippen LogP contribution < -0.4 is 149 Å². The van der Waals surface area contributed by atoms with Gasteiger partial charge in [0.15, 0.2) is 22.1 Å². The molecule has 1 aliphatic carbocycles. The van der Waals surface area contributed by atoms with Gasteiger partial charge in [-0.15, -0.1) is 0 Å². The van der Waals surface area contributed by atoms with E-state index in [1.807, 2.05) is 0 Å². The van der Waals surface area contributed by atoms with Gasteiger partial charge in [-0.25, -0.2) is 9.29 Å². The first-order valence-electron chi connectivity index (χ1n) is 12.1. The Bertz CT molecular complexity index is 2000. The van der Waals surface area contributed by atoms with Crippen LogP contribution in [0.4, 0.5) is 5.95 Å². The molecule has 2 aromatic rings. The molecule has 52 heavy (non-hydrogen) atoms. The van der Waals surface area contributed by atoms with Crippen molar-refractivity contribution >= 4 is 56.5 Å². The van der Waals surface area contributed by atoms with Crippen LogP contribution in [0.5, 0.6) is 0 Å². The van der Waals surface area contributed by atoms with Crippen LogP contribution in [0.3, 0.4) is 0 Å². The molecule has 0 aromatic carbocycles. The van der Waals surface area contributed by atoms with Crippen LogP contribution in [0, 0.1) is 30.3 Å². The van der Waals surface area contributed by atoms with E-state index in [1.165, 1.54) is 0 Å². The number of phosphoric ester groups is 1. The fourth-order valence-electron chi connectivity index (χ4n) is 4.82. The van der Waals surface area contributed by atoms with Crippen molar-refractivity contribution in [2.45, 2.75) is 36.4 Å². The first-order chi connectivity index (χ1) is 22.0. The summed E-state index contributed by atoms with van der Waals surface area (Å²) in [4.78, 5) is 99.5. The molecule has 0 bridgehead atoms. The zero-order valence-electron chi connectivity index (χ0n) is 26.4. The maximum atomic E-state index is 12.4. The Balaban J connectivity index is 0.00000338. The summed E-state index contributed by atoms with van der Waals surface area (Å²) in [6, 6.07) is -2.12. The van der Waals surface area contributed by atoms with Gasteiger partial charge in [0, 0.05) is 4.92 Å². The van der Waals surface area contributed by atoms with Gasteiger partial charge in [0.2, 0.25) is 5.95 Å². The number of fused-ring (bicyclic) bond motifs is 2. The maximum absolute atomic E-state index is 12.4. The summed E-state index contributed by atoms with van der Waals surface area (Å²) in [6.07, 6.45) is -6.69. The smallest absolute Gasteiger partial charge is 0.790 e. The van der Waals surface area contributed by atoms with E-state index in [-0.39, 0.29) is 129 Å². The standard InChI is InChI=1S/C16H16BrN8O20P3.4Na/c17-14-19-8-11(20-15(18)21-12(8)26)22(14)13-10-9(5(41-13)3-40-47(36,37)45-48(38,39)44-46(33,34)35)42-16(43-10)6(24(29)30)1-4(23(27)28)2-7(16)25(31)32;;;;/h1-2,4-5,9-10,13H,3H2,(H,36,37)(H,38,39)(H2,33,34,35)(H3,18,20,21,26);;;;/q;4*+1/p-4/t4?,5-,9-,10-,13-,16?;;;;/m1..../s1. The summed E-state index contributed by atoms with van der Waals surface area (Å²) in [5.74, 6) is -3.62. The summed E-state index contributed by atoms with van der Waals surface area (Å²) in [6.45, 7) is -1.39. The molecule has 4 heterocycles. The molecule has 28 nitrogen and oxygen atoms in total. The van der Waals surface area contributed by atoms with Crippen LogP contribution in [0.15, 0.2) is 33.1 Å². The van der Waals surface area contributed by atoms with Crippen molar-refractivity contribution in [3.8, 4) is 0 Å². The first kappa shape index (κ1) is 50.6. The summed E-state index contributed by atoms with van der Waals surface area (Å²) >= 11 is 3.03. The average molecular weight is 901 g/mol. The van der Waals surface area contributed by atoms with Gasteiger partial charge >= 0.3 is 135 Å². The molecule has 5 rings (SSSR count). The van der Waals surface area contributed by atoms with E-state index in [1.54, 1.807) is 0 Å². The van der Waals surface area contributed by atoms with Gasteiger partial charge in [0.25, 0.3) is 27.2 Å². The number of hydrogen-bond acceptors (Lipinski definition) is 23. The Morgan fingerprint density at radius 2 is 1.46 bits per heavy atom. The Morgan fingerprint density at radius 3 is 1.96 bits per heavy atom. The van der Waals surface area contributed by atoms with Gasteiger partial charge in [-0.3, -0.25) is 58.1 Å². The summed E-state index contributed by atoms with van der Waals surface area (Å²) in [7, 11) is -19.0. The molecule has 2 unspecified atom stereocenters. The molecule has 2 aliphatic heterocycles. The summed E-state index contributed by atoms with van der Waals surface area (Å²) in [5.41, 5.74) is 1.24. The summed E-state index contributed by atoms with van der Waals surface area (Å²) < 4.78 is 63.2. The van der Waals surface area contributed by atoms with E-state index in [2.05, 4.69) is 44.0 Å². The van der Waals surface area contributed by atoms with E-state index in [9.17, 15) is 68.4 Å². The predicted octanol–water partition coefficient (Wildman–Crippen LogP) is -15.3. The third-order valence-corrected chi connectivity index (χ3v) is 10.7. The third-order valence-electron chi connectivity index (χ3n) is 6.44. The molecule has 262 valence electrons. The molecular formula is C16H12BrN8Na4O20P3. The number of nitrogens with two attached hydrogens (primary N) is 1. The minimum atomic E-state index is -6.42. The molecule has 0 amide bonds. The third kappa shape index (κ3) is 10.6. The van der Waals surface area contributed by atoms with Gasteiger partial charge in [-0.05, 0) is 15.9 Å². The number of nitro groups is 3. The van der Waals surface area contributed by atoms with Gasteiger partial charge in [-0.1, -0.05) is 0 Å².